The van der Waals surface area contributed by atoms with Gasteiger partial charge in [-0.15, -0.1) is 0 Å². The molecule has 2 aliphatic rings. The predicted octanol–water partition coefficient (Wildman–Crippen LogP) is 4.28. The normalized spacial score (nSPS) is 32.3. The summed E-state index contributed by atoms with van der Waals surface area (Å²) in [7, 11) is 0. The van der Waals surface area contributed by atoms with E-state index in [1.165, 1.54) is 64.2 Å². The summed E-state index contributed by atoms with van der Waals surface area (Å²) in [5.74, 6) is 0.668. The summed E-state index contributed by atoms with van der Waals surface area (Å²) in [6.45, 7) is 3.07. The first-order valence-corrected chi connectivity index (χ1v) is 7.67. The fourth-order valence-electron chi connectivity index (χ4n) is 3.06. The average molecular weight is 240 g/mol. The molecule has 2 fully saturated rings. The van der Waals surface area contributed by atoms with Crippen LogP contribution < -0.4 is 0 Å². The molecule has 0 bridgehead atoms. The Morgan fingerprint density at radius 2 is 1.71 bits per heavy atom. The van der Waals surface area contributed by atoms with Crippen LogP contribution in [0.5, 0.6) is 0 Å². The molecule has 2 unspecified atom stereocenters. The molecule has 2 nitrogen and oxygen atoms in total. The van der Waals surface area contributed by atoms with Crippen LogP contribution in [0.2, 0.25) is 0 Å². The van der Waals surface area contributed by atoms with Gasteiger partial charge in [-0.25, -0.2) is 0 Å². The van der Waals surface area contributed by atoms with Crippen LogP contribution in [0.3, 0.4) is 0 Å². The lowest BCUT2D eigenvalue weighted by Gasteiger charge is -2.24. The summed E-state index contributed by atoms with van der Waals surface area (Å²) >= 11 is 0. The van der Waals surface area contributed by atoms with Crippen molar-refractivity contribution in [2.75, 3.05) is 6.61 Å². The maximum atomic E-state index is 6.08. The van der Waals surface area contributed by atoms with Crippen molar-refractivity contribution in [2.24, 2.45) is 5.92 Å². The lowest BCUT2D eigenvalue weighted by molar-refractivity contribution is -0.103. The summed E-state index contributed by atoms with van der Waals surface area (Å²) in [5, 5.41) is 0. The summed E-state index contributed by atoms with van der Waals surface area (Å²) in [5.41, 5.74) is 0. The molecule has 0 aromatic rings. The van der Waals surface area contributed by atoms with Crippen LogP contribution >= 0.6 is 0 Å². The minimum Gasteiger partial charge on any atom is -0.350 e. The highest BCUT2D eigenvalue weighted by Crippen LogP contribution is 2.31. The summed E-state index contributed by atoms with van der Waals surface area (Å²) in [6, 6.07) is 0. The lowest BCUT2D eigenvalue weighted by atomic mass is 9.91. The number of hydrogen-bond acceptors (Lipinski definition) is 2. The van der Waals surface area contributed by atoms with Crippen LogP contribution in [0, 0.1) is 5.92 Å². The molecule has 1 saturated carbocycles. The number of ether oxygens (including phenoxy) is 2. The molecule has 1 heterocycles. The Kier molecular flexibility index (Phi) is 5.79. The van der Waals surface area contributed by atoms with Gasteiger partial charge in [0.1, 0.15) is 0 Å². The molecule has 0 spiro atoms. The Morgan fingerprint density at radius 3 is 2.41 bits per heavy atom. The molecule has 2 atom stereocenters. The molecule has 0 aromatic carbocycles. The van der Waals surface area contributed by atoms with Crippen molar-refractivity contribution in [3.63, 3.8) is 0 Å². The number of rotatable bonds is 4. The Balaban J connectivity index is 1.73. The molecule has 100 valence electrons. The minimum atomic E-state index is 0.120. The third kappa shape index (κ3) is 4.26. The van der Waals surface area contributed by atoms with E-state index < -0.39 is 0 Å². The number of unbranched alkanes of at least 4 members (excludes halogenated alkanes) is 1. The van der Waals surface area contributed by atoms with Crippen LogP contribution in [-0.2, 0) is 9.47 Å². The maximum Gasteiger partial charge on any atom is 0.160 e. The smallest absolute Gasteiger partial charge is 0.160 e. The van der Waals surface area contributed by atoms with Crippen molar-refractivity contribution in [2.45, 2.75) is 83.5 Å². The van der Waals surface area contributed by atoms with E-state index in [-0.39, 0.29) is 6.29 Å². The molecule has 1 aliphatic carbocycles. The molecular formula is C15H28O2. The van der Waals surface area contributed by atoms with E-state index in [1.54, 1.807) is 0 Å². The predicted molar refractivity (Wildman–Crippen MR) is 69.9 cm³/mol. The Bertz CT molecular complexity index is 197. The van der Waals surface area contributed by atoms with Crippen LogP contribution in [-0.4, -0.2) is 19.0 Å². The second-order valence-corrected chi connectivity index (χ2v) is 5.71. The van der Waals surface area contributed by atoms with Gasteiger partial charge in [-0.2, -0.15) is 0 Å². The van der Waals surface area contributed by atoms with Crippen molar-refractivity contribution in [1.82, 2.24) is 0 Å². The van der Waals surface area contributed by atoms with E-state index in [0.29, 0.717) is 12.0 Å². The minimum absolute atomic E-state index is 0.120. The van der Waals surface area contributed by atoms with E-state index in [4.69, 9.17) is 9.47 Å². The molecule has 17 heavy (non-hydrogen) atoms. The highest BCUT2D eigenvalue weighted by Gasteiger charge is 2.31. The van der Waals surface area contributed by atoms with Crippen LogP contribution in [0.4, 0.5) is 0 Å². The van der Waals surface area contributed by atoms with Gasteiger partial charge in [0.15, 0.2) is 6.29 Å². The largest absolute Gasteiger partial charge is 0.350 e. The maximum absolute atomic E-state index is 6.08. The zero-order chi connectivity index (χ0) is 11.9. The Morgan fingerprint density at radius 1 is 1.00 bits per heavy atom. The second-order valence-electron chi connectivity index (χ2n) is 5.71. The molecule has 0 amide bonds. The molecule has 2 rings (SSSR count). The molecule has 2 heteroatoms. The van der Waals surface area contributed by atoms with Gasteiger partial charge < -0.3 is 9.47 Å². The molecular weight excluding hydrogens is 212 g/mol. The first-order valence-electron chi connectivity index (χ1n) is 7.67. The van der Waals surface area contributed by atoms with Gasteiger partial charge in [0.05, 0.1) is 12.7 Å². The van der Waals surface area contributed by atoms with Gasteiger partial charge in [-0.1, -0.05) is 51.9 Å². The fourth-order valence-corrected chi connectivity index (χ4v) is 3.06. The molecule has 1 aliphatic heterocycles. The molecule has 0 radical (unpaired) electrons. The monoisotopic (exact) mass is 240 g/mol. The zero-order valence-electron chi connectivity index (χ0n) is 11.3. The quantitative estimate of drug-likeness (QED) is 0.730. The number of hydrogen-bond donors (Lipinski definition) is 0. The van der Waals surface area contributed by atoms with E-state index in [2.05, 4.69) is 6.92 Å². The highest BCUT2D eigenvalue weighted by molar-refractivity contribution is 4.73. The van der Waals surface area contributed by atoms with Crippen LogP contribution in [0.15, 0.2) is 0 Å². The highest BCUT2D eigenvalue weighted by atomic mass is 16.7. The van der Waals surface area contributed by atoms with Crippen LogP contribution in [0.25, 0.3) is 0 Å². The topological polar surface area (TPSA) is 18.5 Å². The van der Waals surface area contributed by atoms with Gasteiger partial charge in [0.25, 0.3) is 0 Å². The van der Waals surface area contributed by atoms with Crippen molar-refractivity contribution in [1.29, 1.82) is 0 Å². The van der Waals surface area contributed by atoms with Gasteiger partial charge in [-0.3, -0.25) is 0 Å². The first kappa shape index (κ1) is 13.4. The molecule has 0 aromatic heterocycles. The lowest BCUT2D eigenvalue weighted by Crippen LogP contribution is -2.23. The average Bonchev–Trinajstić information content (AvgIpc) is 2.74. The fraction of sp³-hybridized carbons (Fsp3) is 1.00. The van der Waals surface area contributed by atoms with E-state index in [1.807, 2.05) is 0 Å². The van der Waals surface area contributed by atoms with Gasteiger partial charge in [-0.05, 0) is 19.3 Å². The van der Waals surface area contributed by atoms with Crippen molar-refractivity contribution >= 4 is 0 Å². The SMILES string of the molecule is CCCCC1COC(C2CCCCCCC2)O1. The third-order valence-electron chi connectivity index (χ3n) is 4.19. The Hall–Kier alpha value is -0.0800. The van der Waals surface area contributed by atoms with Gasteiger partial charge >= 0.3 is 0 Å². The first-order chi connectivity index (χ1) is 8.40. The molecule has 0 N–H and O–H groups in total. The van der Waals surface area contributed by atoms with Gasteiger partial charge in [0, 0.05) is 5.92 Å². The summed E-state index contributed by atoms with van der Waals surface area (Å²) in [6.07, 6.45) is 13.8. The summed E-state index contributed by atoms with van der Waals surface area (Å²) in [4.78, 5) is 0. The van der Waals surface area contributed by atoms with E-state index in [9.17, 15) is 0 Å². The third-order valence-corrected chi connectivity index (χ3v) is 4.19. The van der Waals surface area contributed by atoms with Crippen LogP contribution in [0.1, 0.15) is 71.1 Å². The van der Waals surface area contributed by atoms with Crippen molar-refractivity contribution in [3.05, 3.63) is 0 Å². The van der Waals surface area contributed by atoms with Crippen molar-refractivity contribution in [3.8, 4) is 0 Å². The standard InChI is InChI=1S/C15H28O2/c1-2-3-11-14-12-16-15(17-14)13-9-7-5-4-6-8-10-13/h13-15H,2-12H2,1H3. The second kappa shape index (κ2) is 7.38. The van der Waals surface area contributed by atoms with E-state index >= 15 is 0 Å². The summed E-state index contributed by atoms with van der Waals surface area (Å²) < 4.78 is 12.0. The Labute approximate surface area is 106 Å². The van der Waals surface area contributed by atoms with Crippen molar-refractivity contribution < 1.29 is 9.47 Å². The molecule has 1 saturated heterocycles. The zero-order valence-corrected chi connectivity index (χ0v) is 11.3. The van der Waals surface area contributed by atoms with Gasteiger partial charge in [0.2, 0.25) is 0 Å². The van der Waals surface area contributed by atoms with E-state index in [0.717, 1.165) is 6.61 Å².